The fourth-order valence-electron chi connectivity index (χ4n) is 3.87. The van der Waals surface area contributed by atoms with Crippen molar-refractivity contribution in [2.45, 2.75) is 29.2 Å². The highest BCUT2D eigenvalue weighted by atomic mass is 32.2. The lowest BCUT2D eigenvalue weighted by atomic mass is 10.1. The second kappa shape index (κ2) is 11.0. The molecule has 192 valence electrons. The van der Waals surface area contributed by atoms with Crippen molar-refractivity contribution >= 4 is 59.8 Å². The zero-order chi connectivity index (χ0) is 26.6. The number of aromatic nitrogens is 1. The molecule has 4 rings (SSSR count). The van der Waals surface area contributed by atoms with E-state index in [2.05, 4.69) is 15.3 Å². The average Bonchev–Trinajstić information content (AvgIpc) is 3.33. The number of nitrogens with zero attached hydrogens (tertiary/aromatic N) is 2. The van der Waals surface area contributed by atoms with E-state index in [-0.39, 0.29) is 28.8 Å². The van der Waals surface area contributed by atoms with Crippen molar-refractivity contribution in [1.82, 2.24) is 10.3 Å². The lowest BCUT2D eigenvalue weighted by molar-refractivity contribution is -0.121. The van der Waals surface area contributed by atoms with Crippen LogP contribution in [0.2, 0.25) is 0 Å². The minimum Gasteiger partial charge on any atom is -0.370 e. The summed E-state index contributed by atoms with van der Waals surface area (Å²) in [6, 6.07) is 17.8. The first-order valence-corrected chi connectivity index (χ1v) is 13.8. The summed E-state index contributed by atoms with van der Waals surface area (Å²) in [5, 5.41) is 1.94. The van der Waals surface area contributed by atoms with Crippen LogP contribution in [0.25, 0.3) is 21.0 Å². The fraction of sp³-hybridized carbons (Fsp3) is 0.200. The molecule has 0 saturated carbocycles. The van der Waals surface area contributed by atoms with Crippen molar-refractivity contribution in [3.05, 3.63) is 71.7 Å². The van der Waals surface area contributed by atoms with Gasteiger partial charge in [-0.3, -0.25) is 14.6 Å². The van der Waals surface area contributed by atoms with E-state index in [0.29, 0.717) is 22.7 Å². The molecule has 7 N–H and O–H groups in total. The lowest BCUT2D eigenvalue weighted by Crippen LogP contribution is -2.51. The summed E-state index contributed by atoms with van der Waals surface area (Å²) in [5.41, 5.74) is 17.4. The second-order valence-corrected chi connectivity index (χ2v) is 11.4. The molecule has 2 unspecified atom stereocenters. The number of fused-ring (bicyclic) bond motifs is 2. The molecule has 0 bridgehead atoms. The number of carbonyl (C=O) groups excluding carboxylic acids is 2. The average molecular weight is 539 g/mol. The molecule has 1 aromatic heterocycles. The van der Waals surface area contributed by atoms with Crippen LogP contribution in [0.15, 0.2) is 76.6 Å². The van der Waals surface area contributed by atoms with Crippen LogP contribution in [0.1, 0.15) is 22.6 Å². The molecule has 2 atom stereocenters. The SMILES string of the molecule is NC(N)=NCCCC(NC(=O)C(N)S(=O)(=O)c1cccc2ccccc12)C(=O)c1nc2ccccc2s1. The third-order valence-electron chi connectivity index (χ3n) is 5.73. The summed E-state index contributed by atoms with van der Waals surface area (Å²) in [7, 11) is -4.27. The Labute approximate surface area is 217 Å². The van der Waals surface area contributed by atoms with Gasteiger partial charge < -0.3 is 22.5 Å². The zero-order valence-electron chi connectivity index (χ0n) is 19.7. The monoisotopic (exact) mass is 538 g/mol. The number of amides is 1. The van der Waals surface area contributed by atoms with E-state index in [1.807, 2.05) is 18.2 Å². The van der Waals surface area contributed by atoms with E-state index >= 15 is 0 Å². The van der Waals surface area contributed by atoms with E-state index in [1.165, 1.54) is 17.4 Å². The number of carbonyl (C=O) groups is 2. The molecule has 0 radical (unpaired) electrons. The summed E-state index contributed by atoms with van der Waals surface area (Å²) in [6.07, 6.45) is 0.503. The van der Waals surface area contributed by atoms with Gasteiger partial charge >= 0.3 is 0 Å². The Morgan fingerprint density at radius 1 is 1.00 bits per heavy atom. The van der Waals surface area contributed by atoms with Gasteiger partial charge in [-0.2, -0.15) is 0 Å². The molecule has 0 aliphatic heterocycles. The number of hydrogen-bond donors (Lipinski definition) is 4. The maximum absolute atomic E-state index is 13.4. The van der Waals surface area contributed by atoms with Crippen molar-refractivity contribution in [3.63, 3.8) is 0 Å². The first-order chi connectivity index (χ1) is 17.7. The Bertz CT molecular complexity index is 1560. The smallest absolute Gasteiger partial charge is 0.253 e. The van der Waals surface area contributed by atoms with Gasteiger partial charge in [0.15, 0.2) is 16.3 Å². The molecule has 0 fully saturated rings. The van der Waals surface area contributed by atoms with Crippen LogP contribution in [0.5, 0.6) is 0 Å². The number of rotatable bonds is 10. The first kappa shape index (κ1) is 26.2. The number of thiazole rings is 1. The van der Waals surface area contributed by atoms with Crippen LogP contribution >= 0.6 is 11.3 Å². The van der Waals surface area contributed by atoms with E-state index in [0.717, 1.165) is 4.70 Å². The standard InChI is InChI=1S/C25H26N6O4S2/c26-22(37(34,35)20-13-5-8-15-7-1-2-9-16(15)20)23(33)30-18(11-6-14-29-25(27)28)21(32)24-31-17-10-3-4-12-19(17)36-24/h1-5,7-10,12-13,18,22H,6,11,14,26H2,(H,30,33)(H4,27,28,29). The maximum atomic E-state index is 13.4. The second-order valence-electron chi connectivity index (χ2n) is 8.30. The molecule has 0 aliphatic rings. The molecule has 0 aliphatic carbocycles. The van der Waals surface area contributed by atoms with E-state index in [1.54, 1.807) is 42.5 Å². The quantitative estimate of drug-likeness (QED) is 0.102. The van der Waals surface area contributed by atoms with Crippen LogP contribution in [0.4, 0.5) is 0 Å². The molecule has 4 aromatic rings. The molecule has 0 spiro atoms. The van der Waals surface area contributed by atoms with E-state index < -0.39 is 32.9 Å². The Hall–Kier alpha value is -3.87. The molecule has 1 heterocycles. The van der Waals surface area contributed by atoms with Crippen molar-refractivity contribution in [1.29, 1.82) is 0 Å². The third kappa shape index (κ3) is 5.77. The predicted octanol–water partition coefficient (Wildman–Crippen LogP) is 1.93. The Morgan fingerprint density at radius 2 is 1.70 bits per heavy atom. The minimum atomic E-state index is -4.27. The molecular weight excluding hydrogens is 512 g/mol. The Morgan fingerprint density at radius 3 is 2.46 bits per heavy atom. The maximum Gasteiger partial charge on any atom is 0.253 e. The molecule has 10 nitrogen and oxygen atoms in total. The summed E-state index contributed by atoms with van der Waals surface area (Å²) in [4.78, 5) is 34.7. The molecule has 37 heavy (non-hydrogen) atoms. The fourth-order valence-corrected chi connectivity index (χ4v) is 6.22. The van der Waals surface area contributed by atoms with Gasteiger partial charge in [-0.15, -0.1) is 11.3 Å². The van der Waals surface area contributed by atoms with Gasteiger partial charge in [-0.1, -0.05) is 48.5 Å². The summed E-state index contributed by atoms with van der Waals surface area (Å²) in [6.45, 7) is 0.224. The number of aliphatic imine (C=N–C) groups is 1. The van der Waals surface area contributed by atoms with Gasteiger partial charge in [-0.05, 0) is 36.4 Å². The number of nitrogens with one attached hydrogen (secondary N) is 1. The predicted molar refractivity (Wildman–Crippen MR) is 145 cm³/mol. The van der Waals surface area contributed by atoms with Gasteiger partial charge in [0, 0.05) is 11.9 Å². The number of benzene rings is 3. The van der Waals surface area contributed by atoms with Gasteiger partial charge in [0.1, 0.15) is 0 Å². The molecule has 0 saturated heterocycles. The van der Waals surface area contributed by atoms with Gasteiger partial charge in [0.05, 0.1) is 21.2 Å². The van der Waals surface area contributed by atoms with Gasteiger partial charge in [0.2, 0.25) is 15.6 Å². The van der Waals surface area contributed by atoms with E-state index in [9.17, 15) is 18.0 Å². The summed E-state index contributed by atoms with van der Waals surface area (Å²) in [5.74, 6) is -1.54. The number of para-hydroxylation sites is 1. The zero-order valence-corrected chi connectivity index (χ0v) is 21.3. The lowest BCUT2D eigenvalue weighted by Gasteiger charge is -2.20. The van der Waals surface area contributed by atoms with Gasteiger partial charge in [0.25, 0.3) is 5.91 Å². The van der Waals surface area contributed by atoms with Crippen LogP contribution in [0.3, 0.4) is 0 Å². The molecule has 3 aromatic carbocycles. The number of sulfone groups is 1. The third-order valence-corrected chi connectivity index (χ3v) is 8.63. The number of hydrogen-bond acceptors (Lipinski definition) is 8. The van der Waals surface area contributed by atoms with E-state index in [4.69, 9.17) is 17.2 Å². The van der Waals surface area contributed by atoms with Crippen LogP contribution < -0.4 is 22.5 Å². The normalized spacial score (nSPS) is 13.2. The summed E-state index contributed by atoms with van der Waals surface area (Å²) >= 11 is 1.19. The summed E-state index contributed by atoms with van der Waals surface area (Å²) < 4.78 is 27.5. The van der Waals surface area contributed by atoms with Crippen LogP contribution in [-0.2, 0) is 14.6 Å². The largest absolute Gasteiger partial charge is 0.370 e. The molecule has 12 heteroatoms. The van der Waals surface area contributed by atoms with Gasteiger partial charge in [-0.25, -0.2) is 13.4 Å². The topological polar surface area (TPSA) is 184 Å². The number of guanidine groups is 1. The highest BCUT2D eigenvalue weighted by Gasteiger charge is 2.34. The van der Waals surface area contributed by atoms with Crippen molar-refractivity contribution in [2.75, 3.05) is 6.54 Å². The molecule has 1 amide bonds. The first-order valence-electron chi connectivity index (χ1n) is 11.4. The Kier molecular flexibility index (Phi) is 7.81. The van der Waals surface area contributed by atoms with Crippen LogP contribution in [-0.4, -0.2) is 49.0 Å². The minimum absolute atomic E-state index is 0.0601. The van der Waals surface area contributed by atoms with Crippen molar-refractivity contribution < 1.29 is 18.0 Å². The highest BCUT2D eigenvalue weighted by molar-refractivity contribution is 7.93. The number of nitrogens with two attached hydrogens (primary N) is 3. The number of Topliss-reactive ketones (excluding diaryl/α,β-unsaturated/α-hetero) is 1. The molecular formula is C25H26N6O4S2. The number of ketones is 1. The highest BCUT2D eigenvalue weighted by Crippen LogP contribution is 2.26. The Balaban J connectivity index is 1.59. The van der Waals surface area contributed by atoms with Crippen LogP contribution in [0, 0.1) is 0 Å². The van der Waals surface area contributed by atoms with Crippen molar-refractivity contribution in [3.8, 4) is 0 Å². The van der Waals surface area contributed by atoms with Crippen molar-refractivity contribution in [2.24, 2.45) is 22.2 Å².